The third-order valence-electron chi connectivity index (χ3n) is 6.23. The van der Waals surface area contributed by atoms with Gasteiger partial charge in [0.1, 0.15) is 5.69 Å². The molecule has 1 aliphatic carbocycles. The van der Waals surface area contributed by atoms with Crippen LogP contribution in [-0.2, 0) is 16.1 Å². The minimum atomic E-state index is -0.116. The van der Waals surface area contributed by atoms with Crippen molar-refractivity contribution in [3.63, 3.8) is 0 Å². The standard InChI is InChI=1S/C25H27ClN2O3/c1-31-25(30)19-10-6-17(7-11-19)15-27-24(29)23-14-20-4-2-3-5-22(20)28(23)16-18-8-12-21(26)13-9-18/h2-5,8-9,12-14,17,19H,6-7,10-11,15-16H2,1H3,(H,27,29). The number of hydrogen-bond donors (Lipinski definition) is 1. The van der Waals surface area contributed by atoms with E-state index in [1.165, 1.54) is 7.11 Å². The molecule has 0 aliphatic heterocycles. The van der Waals surface area contributed by atoms with Crippen molar-refractivity contribution in [3.05, 3.63) is 70.9 Å². The monoisotopic (exact) mass is 438 g/mol. The van der Waals surface area contributed by atoms with Crippen molar-refractivity contribution >= 4 is 34.4 Å². The normalized spacial score (nSPS) is 18.6. The van der Waals surface area contributed by atoms with E-state index >= 15 is 0 Å². The Balaban J connectivity index is 1.46. The van der Waals surface area contributed by atoms with Crippen molar-refractivity contribution < 1.29 is 14.3 Å². The van der Waals surface area contributed by atoms with E-state index in [1.807, 2.05) is 54.6 Å². The zero-order valence-electron chi connectivity index (χ0n) is 17.6. The molecule has 0 radical (unpaired) electrons. The summed E-state index contributed by atoms with van der Waals surface area (Å²) in [6.07, 6.45) is 3.50. The SMILES string of the molecule is COC(=O)C1CCC(CNC(=O)c2cc3ccccc3n2Cc2ccc(Cl)cc2)CC1. The fourth-order valence-corrected chi connectivity index (χ4v) is 4.56. The van der Waals surface area contributed by atoms with E-state index < -0.39 is 0 Å². The van der Waals surface area contributed by atoms with Gasteiger partial charge in [0.2, 0.25) is 0 Å². The maximum Gasteiger partial charge on any atom is 0.308 e. The highest BCUT2D eigenvalue weighted by molar-refractivity contribution is 6.30. The summed E-state index contributed by atoms with van der Waals surface area (Å²) in [7, 11) is 1.44. The van der Waals surface area contributed by atoms with E-state index in [9.17, 15) is 9.59 Å². The van der Waals surface area contributed by atoms with Crippen molar-refractivity contribution in [2.75, 3.05) is 13.7 Å². The number of halogens is 1. The summed E-state index contributed by atoms with van der Waals surface area (Å²) in [6, 6.07) is 17.7. The van der Waals surface area contributed by atoms with E-state index in [0.717, 1.165) is 42.1 Å². The Bertz CT molecular complexity index is 1070. The predicted molar refractivity (Wildman–Crippen MR) is 122 cm³/mol. The summed E-state index contributed by atoms with van der Waals surface area (Å²) in [5, 5.41) is 4.86. The number of esters is 1. The molecule has 0 bridgehead atoms. The lowest BCUT2D eigenvalue weighted by atomic mass is 9.82. The predicted octanol–water partition coefficient (Wildman–Crippen LogP) is 5.05. The molecule has 31 heavy (non-hydrogen) atoms. The number of rotatable bonds is 6. The second-order valence-corrected chi connectivity index (χ2v) is 8.69. The molecule has 162 valence electrons. The third-order valence-corrected chi connectivity index (χ3v) is 6.48. The van der Waals surface area contributed by atoms with Crippen LogP contribution in [0.25, 0.3) is 10.9 Å². The van der Waals surface area contributed by atoms with Crippen molar-refractivity contribution in [3.8, 4) is 0 Å². The Labute approximate surface area is 187 Å². The highest BCUT2D eigenvalue weighted by Crippen LogP contribution is 2.29. The number of methoxy groups -OCH3 is 1. The highest BCUT2D eigenvalue weighted by atomic mass is 35.5. The van der Waals surface area contributed by atoms with Gasteiger partial charge in [-0.05, 0) is 61.4 Å². The summed E-state index contributed by atoms with van der Waals surface area (Å²) >= 11 is 6.02. The number of aromatic nitrogens is 1. The van der Waals surface area contributed by atoms with Crippen LogP contribution in [0.4, 0.5) is 0 Å². The molecule has 1 N–H and O–H groups in total. The summed E-state index contributed by atoms with van der Waals surface area (Å²) in [5.41, 5.74) is 2.77. The number of para-hydroxylation sites is 1. The van der Waals surface area contributed by atoms with Gasteiger partial charge in [-0.2, -0.15) is 0 Å². The number of carbonyl (C=O) groups excluding carboxylic acids is 2. The largest absolute Gasteiger partial charge is 0.469 e. The van der Waals surface area contributed by atoms with E-state index in [1.54, 1.807) is 0 Å². The highest BCUT2D eigenvalue weighted by Gasteiger charge is 2.27. The topological polar surface area (TPSA) is 60.3 Å². The molecule has 2 aromatic carbocycles. The summed E-state index contributed by atoms with van der Waals surface area (Å²) in [4.78, 5) is 24.8. The van der Waals surface area contributed by atoms with Gasteiger partial charge in [0, 0.05) is 29.0 Å². The van der Waals surface area contributed by atoms with E-state index in [4.69, 9.17) is 16.3 Å². The molecule has 0 spiro atoms. The maximum absolute atomic E-state index is 13.1. The van der Waals surface area contributed by atoms with Crippen LogP contribution in [0.2, 0.25) is 5.02 Å². The van der Waals surface area contributed by atoms with Gasteiger partial charge in [-0.25, -0.2) is 0 Å². The lowest BCUT2D eigenvalue weighted by Gasteiger charge is -2.27. The molecule has 6 heteroatoms. The first-order chi connectivity index (χ1) is 15.0. The fraction of sp³-hybridized carbons (Fsp3) is 0.360. The Hall–Kier alpha value is -2.79. The first-order valence-electron chi connectivity index (χ1n) is 10.7. The number of hydrogen-bond acceptors (Lipinski definition) is 3. The fourth-order valence-electron chi connectivity index (χ4n) is 4.44. The number of nitrogens with one attached hydrogen (secondary N) is 1. The van der Waals surface area contributed by atoms with E-state index in [0.29, 0.717) is 29.7 Å². The van der Waals surface area contributed by atoms with Gasteiger partial charge in [0.15, 0.2) is 0 Å². The molecule has 0 unspecified atom stereocenters. The second-order valence-electron chi connectivity index (χ2n) is 8.25. The molecule has 1 aromatic heterocycles. The van der Waals surface area contributed by atoms with Crippen LogP contribution in [0.5, 0.6) is 0 Å². The van der Waals surface area contributed by atoms with Gasteiger partial charge in [-0.3, -0.25) is 9.59 Å². The van der Waals surface area contributed by atoms with Crippen LogP contribution in [0.15, 0.2) is 54.6 Å². The average Bonchev–Trinajstić information content (AvgIpc) is 3.17. The Morgan fingerprint density at radius 2 is 1.77 bits per heavy atom. The molecule has 3 aromatic rings. The molecule has 1 heterocycles. The lowest BCUT2D eigenvalue weighted by molar-refractivity contribution is -0.146. The van der Waals surface area contributed by atoms with Crippen LogP contribution in [0.1, 0.15) is 41.7 Å². The van der Waals surface area contributed by atoms with Crippen LogP contribution in [-0.4, -0.2) is 30.1 Å². The molecule has 5 nitrogen and oxygen atoms in total. The smallest absolute Gasteiger partial charge is 0.308 e. The number of benzene rings is 2. The van der Waals surface area contributed by atoms with Crippen LogP contribution >= 0.6 is 11.6 Å². The molecule has 4 rings (SSSR count). The van der Waals surface area contributed by atoms with Gasteiger partial charge in [0.25, 0.3) is 5.91 Å². The Morgan fingerprint density at radius 1 is 1.06 bits per heavy atom. The molecular formula is C25H27ClN2O3. The summed E-state index contributed by atoms with van der Waals surface area (Å²) < 4.78 is 6.92. The van der Waals surface area contributed by atoms with Crippen LogP contribution in [0.3, 0.4) is 0 Å². The Kier molecular flexibility index (Phi) is 6.62. The lowest BCUT2D eigenvalue weighted by Crippen LogP contribution is -2.33. The van der Waals surface area contributed by atoms with Crippen LogP contribution in [0, 0.1) is 11.8 Å². The van der Waals surface area contributed by atoms with Crippen molar-refractivity contribution in [1.82, 2.24) is 9.88 Å². The molecule has 1 saturated carbocycles. The van der Waals surface area contributed by atoms with Crippen molar-refractivity contribution in [2.45, 2.75) is 32.2 Å². The van der Waals surface area contributed by atoms with Crippen molar-refractivity contribution in [1.29, 1.82) is 0 Å². The summed E-state index contributed by atoms with van der Waals surface area (Å²) in [5.74, 6) is 0.201. The zero-order valence-corrected chi connectivity index (χ0v) is 18.4. The molecule has 1 fully saturated rings. The quantitative estimate of drug-likeness (QED) is 0.547. The van der Waals surface area contributed by atoms with Crippen LogP contribution < -0.4 is 5.32 Å². The van der Waals surface area contributed by atoms with Gasteiger partial charge in [-0.1, -0.05) is 41.9 Å². The molecule has 0 saturated heterocycles. The minimum absolute atomic E-state index is 0.00106. The maximum atomic E-state index is 13.1. The molecular weight excluding hydrogens is 412 g/mol. The minimum Gasteiger partial charge on any atom is -0.469 e. The Morgan fingerprint density at radius 3 is 2.48 bits per heavy atom. The first kappa shape index (κ1) is 21.4. The van der Waals surface area contributed by atoms with Crippen molar-refractivity contribution in [2.24, 2.45) is 11.8 Å². The number of amides is 1. The second kappa shape index (κ2) is 9.56. The third kappa shape index (κ3) is 4.93. The number of fused-ring (bicyclic) bond motifs is 1. The molecule has 1 amide bonds. The average molecular weight is 439 g/mol. The number of carbonyl (C=O) groups is 2. The van der Waals surface area contributed by atoms with E-state index in [-0.39, 0.29) is 17.8 Å². The van der Waals surface area contributed by atoms with E-state index in [2.05, 4.69) is 9.88 Å². The van der Waals surface area contributed by atoms with Gasteiger partial charge >= 0.3 is 5.97 Å². The molecule has 0 atom stereocenters. The van der Waals surface area contributed by atoms with Gasteiger partial charge < -0.3 is 14.6 Å². The zero-order chi connectivity index (χ0) is 21.8. The number of nitrogens with zero attached hydrogens (tertiary/aromatic N) is 1. The first-order valence-corrected chi connectivity index (χ1v) is 11.1. The number of ether oxygens (including phenoxy) is 1. The van der Waals surface area contributed by atoms with Gasteiger partial charge in [0.05, 0.1) is 13.0 Å². The van der Waals surface area contributed by atoms with Gasteiger partial charge in [-0.15, -0.1) is 0 Å². The molecule has 1 aliphatic rings. The summed E-state index contributed by atoms with van der Waals surface area (Å²) in [6.45, 7) is 1.22.